The number of nitrogens with one attached hydrogen (secondary N) is 1. The second-order valence-corrected chi connectivity index (χ2v) is 7.35. The molecule has 0 fully saturated rings. The van der Waals surface area contributed by atoms with Gasteiger partial charge in [-0.15, -0.1) is 0 Å². The molecule has 1 amide bonds. The van der Waals surface area contributed by atoms with Gasteiger partial charge in [0, 0.05) is 25.2 Å². The SMILES string of the molecule is CC(C)(C)CC(=O)NC[C@@H]1Cc2cccc(-c3ncccn3)c2O1. The number of hydrogen-bond acceptors (Lipinski definition) is 4. The number of rotatable bonds is 4. The van der Waals surface area contributed by atoms with E-state index in [2.05, 4.69) is 42.1 Å². The van der Waals surface area contributed by atoms with Crippen molar-refractivity contribution in [3.8, 4) is 17.1 Å². The molecule has 1 aromatic heterocycles. The van der Waals surface area contributed by atoms with Crippen LogP contribution in [0.3, 0.4) is 0 Å². The lowest BCUT2D eigenvalue weighted by Crippen LogP contribution is -2.36. The Labute approximate surface area is 142 Å². The fourth-order valence-corrected chi connectivity index (χ4v) is 2.84. The summed E-state index contributed by atoms with van der Waals surface area (Å²) in [6, 6.07) is 7.81. The standard InChI is InChI=1S/C19H23N3O2/c1-19(2,3)11-16(23)22-12-14-10-13-6-4-7-15(17(13)24-14)18-20-8-5-9-21-18/h4-9,14H,10-12H2,1-3H3,(H,22,23)/t14-/m0/s1. The summed E-state index contributed by atoms with van der Waals surface area (Å²) in [4.78, 5) is 20.6. The van der Waals surface area contributed by atoms with E-state index in [1.165, 1.54) is 0 Å². The van der Waals surface area contributed by atoms with Crippen LogP contribution in [0.5, 0.6) is 5.75 Å². The third-order valence-electron chi connectivity index (χ3n) is 3.85. The maximum atomic E-state index is 12.0. The van der Waals surface area contributed by atoms with Gasteiger partial charge in [-0.25, -0.2) is 9.97 Å². The smallest absolute Gasteiger partial charge is 0.220 e. The Morgan fingerprint density at radius 2 is 2.00 bits per heavy atom. The van der Waals surface area contributed by atoms with Crippen LogP contribution in [0.1, 0.15) is 32.8 Å². The molecule has 0 unspecified atom stereocenters. The van der Waals surface area contributed by atoms with E-state index >= 15 is 0 Å². The van der Waals surface area contributed by atoms with E-state index in [9.17, 15) is 4.79 Å². The van der Waals surface area contributed by atoms with E-state index in [0.29, 0.717) is 18.8 Å². The number of aromatic nitrogens is 2. The van der Waals surface area contributed by atoms with Crippen molar-refractivity contribution in [1.29, 1.82) is 0 Å². The second kappa shape index (κ2) is 6.59. The Hall–Kier alpha value is -2.43. The molecule has 0 saturated heterocycles. The zero-order valence-corrected chi connectivity index (χ0v) is 14.4. The molecule has 24 heavy (non-hydrogen) atoms. The van der Waals surface area contributed by atoms with Crippen LogP contribution in [0.2, 0.25) is 0 Å². The predicted octanol–water partition coefficient (Wildman–Crippen LogP) is 3.00. The first-order valence-corrected chi connectivity index (χ1v) is 8.25. The Bertz CT molecular complexity index is 723. The fourth-order valence-electron chi connectivity index (χ4n) is 2.84. The lowest BCUT2D eigenvalue weighted by molar-refractivity contribution is -0.123. The number of nitrogens with zero attached hydrogens (tertiary/aromatic N) is 2. The molecule has 2 aromatic rings. The van der Waals surface area contributed by atoms with Gasteiger partial charge in [-0.1, -0.05) is 32.9 Å². The highest BCUT2D eigenvalue weighted by molar-refractivity contribution is 5.76. The van der Waals surface area contributed by atoms with Gasteiger partial charge in [0.2, 0.25) is 5.91 Å². The molecule has 0 aliphatic carbocycles. The Kier molecular flexibility index (Phi) is 4.51. The molecule has 1 atom stereocenters. The van der Waals surface area contributed by atoms with Gasteiger partial charge in [0.15, 0.2) is 5.82 Å². The van der Waals surface area contributed by atoms with Crippen molar-refractivity contribution >= 4 is 5.91 Å². The van der Waals surface area contributed by atoms with Crippen molar-refractivity contribution in [2.45, 2.75) is 39.7 Å². The molecular weight excluding hydrogens is 302 g/mol. The minimum atomic E-state index is -0.0474. The van der Waals surface area contributed by atoms with E-state index in [-0.39, 0.29) is 17.4 Å². The van der Waals surface area contributed by atoms with Crippen LogP contribution in [0.15, 0.2) is 36.7 Å². The fraction of sp³-hybridized carbons (Fsp3) is 0.421. The summed E-state index contributed by atoms with van der Waals surface area (Å²) in [5.41, 5.74) is 2.02. The van der Waals surface area contributed by atoms with Crippen molar-refractivity contribution in [2.75, 3.05) is 6.54 Å². The van der Waals surface area contributed by atoms with Crippen molar-refractivity contribution < 1.29 is 9.53 Å². The molecule has 2 heterocycles. The van der Waals surface area contributed by atoms with Crippen LogP contribution in [-0.4, -0.2) is 28.5 Å². The van der Waals surface area contributed by atoms with Crippen molar-refractivity contribution in [3.05, 3.63) is 42.2 Å². The van der Waals surface area contributed by atoms with E-state index in [1.807, 2.05) is 12.1 Å². The predicted molar refractivity (Wildman–Crippen MR) is 92.7 cm³/mol. The van der Waals surface area contributed by atoms with Gasteiger partial charge in [0.05, 0.1) is 12.1 Å². The number of carbonyl (C=O) groups excluding carboxylic acids is 1. The van der Waals surface area contributed by atoms with Crippen LogP contribution < -0.4 is 10.1 Å². The van der Waals surface area contributed by atoms with Gasteiger partial charge in [-0.05, 0) is 23.1 Å². The van der Waals surface area contributed by atoms with E-state index in [4.69, 9.17) is 4.74 Å². The molecule has 0 bridgehead atoms. The number of fused-ring (bicyclic) bond motifs is 1. The highest BCUT2D eigenvalue weighted by atomic mass is 16.5. The summed E-state index contributed by atoms with van der Waals surface area (Å²) in [5.74, 6) is 1.55. The number of benzene rings is 1. The molecule has 0 radical (unpaired) electrons. The first-order chi connectivity index (χ1) is 11.4. The number of hydrogen-bond donors (Lipinski definition) is 1. The minimum Gasteiger partial charge on any atom is -0.487 e. The summed E-state index contributed by atoms with van der Waals surface area (Å²) >= 11 is 0. The first-order valence-electron chi connectivity index (χ1n) is 8.25. The maximum Gasteiger partial charge on any atom is 0.220 e. The molecule has 1 N–H and O–H groups in total. The van der Waals surface area contributed by atoms with Gasteiger partial charge in [-0.3, -0.25) is 4.79 Å². The molecule has 0 spiro atoms. The van der Waals surface area contributed by atoms with Crippen molar-refractivity contribution in [1.82, 2.24) is 15.3 Å². The molecule has 1 aliphatic rings. The lowest BCUT2D eigenvalue weighted by Gasteiger charge is -2.18. The molecule has 0 saturated carbocycles. The lowest BCUT2D eigenvalue weighted by atomic mass is 9.92. The van der Waals surface area contributed by atoms with Gasteiger partial charge in [0.25, 0.3) is 0 Å². The highest BCUT2D eigenvalue weighted by Gasteiger charge is 2.27. The van der Waals surface area contributed by atoms with E-state index in [0.717, 1.165) is 23.3 Å². The third-order valence-corrected chi connectivity index (χ3v) is 3.85. The average molecular weight is 325 g/mol. The zero-order chi connectivity index (χ0) is 17.2. The second-order valence-electron chi connectivity index (χ2n) is 7.35. The van der Waals surface area contributed by atoms with Crippen LogP contribution >= 0.6 is 0 Å². The van der Waals surface area contributed by atoms with Crippen LogP contribution in [-0.2, 0) is 11.2 Å². The summed E-state index contributed by atoms with van der Waals surface area (Å²) in [7, 11) is 0. The van der Waals surface area contributed by atoms with Gasteiger partial charge < -0.3 is 10.1 Å². The van der Waals surface area contributed by atoms with Crippen LogP contribution in [0, 0.1) is 5.41 Å². The molecule has 126 valence electrons. The molecular formula is C19H23N3O2. The number of carbonyl (C=O) groups is 1. The normalized spacial score (nSPS) is 16.4. The Morgan fingerprint density at radius 1 is 1.25 bits per heavy atom. The summed E-state index contributed by atoms with van der Waals surface area (Å²) in [5, 5.41) is 2.98. The molecule has 3 rings (SSSR count). The quantitative estimate of drug-likeness (QED) is 0.938. The highest BCUT2D eigenvalue weighted by Crippen LogP contribution is 2.37. The summed E-state index contributed by atoms with van der Waals surface area (Å²) in [6.07, 6.45) is 4.69. The van der Waals surface area contributed by atoms with Crippen LogP contribution in [0.4, 0.5) is 0 Å². The van der Waals surface area contributed by atoms with Gasteiger partial charge in [-0.2, -0.15) is 0 Å². The van der Waals surface area contributed by atoms with Crippen LogP contribution in [0.25, 0.3) is 11.4 Å². The number of ether oxygens (including phenoxy) is 1. The van der Waals surface area contributed by atoms with Crippen molar-refractivity contribution in [3.63, 3.8) is 0 Å². The molecule has 1 aliphatic heterocycles. The van der Waals surface area contributed by atoms with Crippen molar-refractivity contribution in [2.24, 2.45) is 5.41 Å². The van der Waals surface area contributed by atoms with Gasteiger partial charge in [0.1, 0.15) is 11.9 Å². The molecule has 1 aromatic carbocycles. The maximum absolute atomic E-state index is 12.0. The molecule has 5 heteroatoms. The zero-order valence-electron chi connectivity index (χ0n) is 14.4. The van der Waals surface area contributed by atoms with E-state index in [1.54, 1.807) is 18.5 Å². The first kappa shape index (κ1) is 16.4. The number of amides is 1. The Morgan fingerprint density at radius 3 is 2.71 bits per heavy atom. The largest absolute Gasteiger partial charge is 0.487 e. The summed E-state index contributed by atoms with van der Waals surface area (Å²) in [6.45, 7) is 6.68. The average Bonchev–Trinajstić information content (AvgIpc) is 2.95. The van der Waals surface area contributed by atoms with E-state index < -0.39 is 0 Å². The Balaban J connectivity index is 1.66. The molecule has 5 nitrogen and oxygen atoms in total. The third kappa shape index (κ3) is 3.91. The summed E-state index contributed by atoms with van der Waals surface area (Å²) < 4.78 is 6.08. The number of para-hydroxylation sites is 1. The minimum absolute atomic E-state index is 0.0125. The topological polar surface area (TPSA) is 64.1 Å². The van der Waals surface area contributed by atoms with Gasteiger partial charge >= 0.3 is 0 Å². The monoisotopic (exact) mass is 325 g/mol.